The van der Waals surface area contributed by atoms with Gasteiger partial charge in [-0.3, -0.25) is 10.1 Å². The van der Waals surface area contributed by atoms with Gasteiger partial charge in [0.05, 0.1) is 4.92 Å². The minimum Gasteiger partial charge on any atom is -0.322 e. The highest BCUT2D eigenvalue weighted by Crippen LogP contribution is 2.28. The average Bonchev–Trinajstić information content (AvgIpc) is 2.01. The summed E-state index contributed by atoms with van der Waals surface area (Å²) < 4.78 is 0. The van der Waals surface area contributed by atoms with E-state index in [1.807, 2.05) is 6.92 Å². The molecule has 76 valence electrons. The number of nitrogens with two attached hydrogens (primary N) is 1. The fourth-order valence-electron chi connectivity index (χ4n) is 1.33. The molecule has 0 fully saturated rings. The molecule has 0 radical (unpaired) electrons. The Kier molecular flexibility index (Phi) is 2.57. The summed E-state index contributed by atoms with van der Waals surface area (Å²) >= 11 is 0. The van der Waals surface area contributed by atoms with E-state index in [1.165, 1.54) is 6.07 Å². The van der Waals surface area contributed by atoms with Gasteiger partial charge >= 0.3 is 0 Å². The predicted octanol–water partition coefficient (Wildman–Crippen LogP) is 2.10. The van der Waals surface area contributed by atoms with Crippen molar-refractivity contribution < 1.29 is 4.92 Å². The predicted molar refractivity (Wildman–Crippen MR) is 55.0 cm³/mol. The number of nitro benzene ring substituents is 1. The Hall–Kier alpha value is -1.42. The van der Waals surface area contributed by atoms with Crippen molar-refractivity contribution in [3.63, 3.8) is 0 Å². The maximum Gasteiger partial charge on any atom is 0.274 e. The first-order chi connectivity index (χ1) is 6.32. The summed E-state index contributed by atoms with van der Waals surface area (Å²) in [5, 5.41) is 10.7. The molecule has 0 saturated heterocycles. The van der Waals surface area contributed by atoms with Crippen molar-refractivity contribution in [3.8, 4) is 0 Å². The van der Waals surface area contributed by atoms with E-state index in [4.69, 9.17) is 5.73 Å². The van der Waals surface area contributed by atoms with E-state index < -0.39 is 10.5 Å². The summed E-state index contributed by atoms with van der Waals surface area (Å²) in [6.07, 6.45) is 0. The van der Waals surface area contributed by atoms with Crippen molar-refractivity contribution in [1.29, 1.82) is 0 Å². The highest BCUT2D eigenvalue weighted by atomic mass is 16.6. The van der Waals surface area contributed by atoms with Crippen LogP contribution in [0, 0.1) is 17.0 Å². The van der Waals surface area contributed by atoms with Crippen LogP contribution in [0.25, 0.3) is 0 Å². The molecule has 4 heteroatoms. The average molecular weight is 194 g/mol. The monoisotopic (exact) mass is 194 g/mol. The molecular formula is C10H14N2O2. The summed E-state index contributed by atoms with van der Waals surface area (Å²) in [4.78, 5) is 10.3. The van der Waals surface area contributed by atoms with E-state index in [0.717, 1.165) is 5.56 Å². The maximum atomic E-state index is 10.7. The van der Waals surface area contributed by atoms with Crippen molar-refractivity contribution >= 4 is 5.69 Å². The van der Waals surface area contributed by atoms with Crippen molar-refractivity contribution in [1.82, 2.24) is 0 Å². The maximum absolute atomic E-state index is 10.7. The van der Waals surface area contributed by atoms with E-state index in [-0.39, 0.29) is 5.69 Å². The van der Waals surface area contributed by atoms with Crippen LogP contribution in [0.1, 0.15) is 25.0 Å². The van der Waals surface area contributed by atoms with Gasteiger partial charge in [0.25, 0.3) is 5.69 Å². The van der Waals surface area contributed by atoms with Crippen LogP contribution < -0.4 is 5.73 Å². The lowest BCUT2D eigenvalue weighted by atomic mass is 9.92. The zero-order valence-corrected chi connectivity index (χ0v) is 8.57. The quantitative estimate of drug-likeness (QED) is 0.579. The second-order valence-electron chi connectivity index (χ2n) is 4.00. The van der Waals surface area contributed by atoms with Crippen LogP contribution in [0.15, 0.2) is 18.2 Å². The molecule has 0 aliphatic heterocycles. The highest BCUT2D eigenvalue weighted by molar-refractivity contribution is 5.46. The zero-order valence-electron chi connectivity index (χ0n) is 8.57. The topological polar surface area (TPSA) is 69.2 Å². The molecule has 0 spiro atoms. The summed E-state index contributed by atoms with van der Waals surface area (Å²) in [5.41, 5.74) is 6.81. The van der Waals surface area contributed by atoms with E-state index in [9.17, 15) is 10.1 Å². The highest BCUT2D eigenvalue weighted by Gasteiger charge is 2.24. The molecule has 0 atom stereocenters. The first-order valence-corrected chi connectivity index (χ1v) is 4.37. The largest absolute Gasteiger partial charge is 0.322 e. The first-order valence-electron chi connectivity index (χ1n) is 4.37. The van der Waals surface area contributed by atoms with Crippen molar-refractivity contribution in [2.75, 3.05) is 0 Å². The van der Waals surface area contributed by atoms with E-state index >= 15 is 0 Å². The lowest BCUT2D eigenvalue weighted by molar-refractivity contribution is -0.386. The molecule has 0 saturated carbocycles. The Morgan fingerprint density at radius 3 is 2.43 bits per heavy atom. The molecule has 0 amide bonds. The first kappa shape index (κ1) is 10.7. The van der Waals surface area contributed by atoms with Crippen molar-refractivity contribution in [2.45, 2.75) is 26.3 Å². The van der Waals surface area contributed by atoms with Crippen LogP contribution in [0.4, 0.5) is 5.69 Å². The van der Waals surface area contributed by atoms with Gasteiger partial charge in [0.15, 0.2) is 0 Å². The summed E-state index contributed by atoms with van der Waals surface area (Å²) in [7, 11) is 0. The SMILES string of the molecule is Cc1ccc([N+](=O)[O-])c(C(C)(C)N)c1. The van der Waals surface area contributed by atoms with Crippen LogP contribution in [0.5, 0.6) is 0 Å². The molecule has 0 heterocycles. The van der Waals surface area contributed by atoms with E-state index in [2.05, 4.69) is 0 Å². The molecule has 0 aliphatic carbocycles. The van der Waals surface area contributed by atoms with E-state index in [1.54, 1.807) is 26.0 Å². The molecular weight excluding hydrogens is 180 g/mol. The number of hydrogen-bond donors (Lipinski definition) is 1. The van der Waals surface area contributed by atoms with Gasteiger partial charge in [-0.25, -0.2) is 0 Å². The fourth-order valence-corrected chi connectivity index (χ4v) is 1.33. The number of hydrogen-bond acceptors (Lipinski definition) is 3. The molecule has 1 rings (SSSR count). The Morgan fingerprint density at radius 1 is 1.43 bits per heavy atom. The molecule has 14 heavy (non-hydrogen) atoms. The van der Waals surface area contributed by atoms with Crippen LogP contribution >= 0.6 is 0 Å². The van der Waals surface area contributed by atoms with E-state index in [0.29, 0.717) is 5.56 Å². The number of rotatable bonds is 2. The molecule has 0 unspecified atom stereocenters. The number of nitrogens with zero attached hydrogens (tertiary/aromatic N) is 1. The molecule has 1 aromatic carbocycles. The molecule has 2 N–H and O–H groups in total. The lowest BCUT2D eigenvalue weighted by Gasteiger charge is -2.19. The summed E-state index contributed by atoms with van der Waals surface area (Å²) in [6.45, 7) is 5.41. The third kappa shape index (κ3) is 2.09. The van der Waals surface area contributed by atoms with Gasteiger partial charge in [-0.2, -0.15) is 0 Å². The summed E-state index contributed by atoms with van der Waals surface area (Å²) in [5.74, 6) is 0. The van der Waals surface area contributed by atoms with Crippen molar-refractivity contribution in [3.05, 3.63) is 39.4 Å². The van der Waals surface area contributed by atoms with Gasteiger partial charge in [-0.1, -0.05) is 11.6 Å². The van der Waals surface area contributed by atoms with Gasteiger partial charge in [-0.05, 0) is 26.8 Å². The second-order valence-corrected chi connectivity index (χ2v) is 4.00. The van der Waals surface area contributed by atoms with Gasteiger partial charge in [-0.15, -0.1) is 0 Å². The van der Waals surface area contributed by atoms with Gasteiger partial charge < -0.3 is 5.73 Å². The minimum absolute atomic E-state index is 0.0862. The number of benzene rings is 1. The smallest absolute Gasteiger partial charge is 0.274 e. The molecule has 1 aromatic rings. The Morgan fingerprint density at radius 2 is 2.00 bits per heavy atom. The normalized spacial score (nSPS) is 11.4. The molecule has 0 bridgehead atoms. The minimum atomic E-state index is -0.686. The second kappa shape index (κ2) is 3.38. The van der Waals surface area contributed by atoms with Crippen molar-refractivity contribution in [2.24, 2.45) is 5.73 Å². The van der Waals surface area contributed by atoms with Crippen LogP contribution in [0.3, 0.4) is 0 Å². The van der Waals surface area contributed by atoms with Crippen LogP contribution in [-0.2, 0) is 5.54 Å². The van der Waals surface area contributed by atoms with Gasteiger partial charge in [0.2, 0.25) is 0 Å². The van der Waals surface area contributed by atoms with Crippen LogP contribution in [0.2, 0.25) is 0 Å². The van der Waals surface area contributed by atoms with Gasteiger partial charge in [0.1, 0.15) is 0 Å². The Bertz CT molecular complexity index is 367. The summed E-state index contributed by atoms with van der Waals surface area (Å²) in [6, 6.07) is 4.98. The van der Waals surface area contributed by atoms with Crippen LogP contribution in [-0.4, -0.2) is 4.92 Å². The van der Waals surface area contributed by atoms with Gasteiger partial charge in [0, 0.05) is 17.2 Å². The fraction of sp³-hybridized carbons (Fsp3) is 0.400. The third-order valence-electron chi connectivity index (χ3n) is 2.04. The zero-order chi connectivity index (χ0) is 10.9. The number of aryl methyl sites for hydroxylation is 1. The molecule has 4 nitrogen and oxygen atoms in total. The Balaban J connectivity index is 3.38. The Labute approximate surface area is 82.9 Å². The third-order valence-corrected chi connectivity index (χ3v) is 2.04. The number of nitro groups is 1. The standard InChI is InChI=1S/C10H14N2O2/c1-7-4-5-9(12(13)14)8(6-7)10(2,3)11/h4-6H,11H2,1-3H3. The molecule has 0 aromatic heterocycles. The lowest BCUT2D eigenvalue weighted by Crippen LogP contribution is -2.29. The molecule has 0 aliphatic rings.